The first-order valence-electron chi connectivity index (χ1n) is 9.22. The fourth-order valence-corrected chi connectivity index (χ4v) is 3.20. The molecular weight excluding hydrogens is 327 g/mol. The van der Waals surface area contributed by atoms with Crippen LogP contribution < -0.4 is 10.6 Å². The summed E-state index contributed by atoms with van der Waals surface area (Å²) in [7, 11) is 1.74. The molecule has 138 valence electrons. The number of guanidine groups is 1. The molecule has 5 heteroatoms. The van der Waals surface area contributed by atoms with Crippen LogP contribution in [0.2, 0.25) is 0 Å². The van der Waals surface area contributed by atoms with Gasteiger partial charge in [-0.3, -0.25) is 9.89 Å². The van der Waals surface area contributed by atoms with E-state index in [1.54, 1.807) is 13.1 Å². The molecule has 0 unspecified atom stereocenters. The van der Waals surface area contributed by atoms with Crippen molar-refractivity contribution in [1.29, 1.82) is 0 Å². The minimum atomic E-state index is -0.221. The monoisotopic (exact) mass is 354 g/mol. The summed E-state index contributed by atoms with van der Waals surface area (Å²) >= 11 is 0. The number of nitrogens with zero attached hydrogens (tertiary/aromatic N) is 2. The van der Waals surface area contributed by atoms with Gasteiger partial charge in [0, 0.05) is 26.7 Å². The molecule has 0 atom stereocenters. The molecule has 0 spiro atoms. The lowest BCUT2D eigenvalue weighted by Gasteiger charge is -2.15. The summed E-state index contributed by atoms with van der Waals surface area (Å²) in [5, 5.41) is 6.51. The highest BCUT2D eigenvalue weighted by atomic mass is 19.1. The second-order valence-corrected chi connectivity index (χ2v) is 6.71. The number of aliphatic imine (C=N–C) groups is 1. The van der Waals surface area contributed by atoms with Gasteiger partial charge in [0.15, 0.2) is 5.96 Å². The van der Waals surface area contributed by atoms with Crippen molar-refractivity contribution in [2.45, 2.75) is 32.5 Å². The molecular formula is C21H27FN4. The third-order valence-electron chi connectivity index (χ3n) is 4.66. The number of halogens is 1. The van der Waals surface area contributed by atoms with E-state index in [0.717, 1.165) is 12.1 Å². The second-order valence-electron chi connectivity index (χ2n) is 6.71. The van der Waals surface area contributed by atoms with E-state index in [2.05, 4.69) is 44.8 Å². The zero-order valence-corrected chi connectivity index (χ0v) is 15.3. The predicted octanol–water partition coefficient (Wildman–Crippen LogP) is 3.29. The number of nitrogens with one attached hydrogen (secondary N) is 2. The van der Waals surface area contributed by atoms with Gasteiger partial charge in [-0.15, -0.1) is 0 Å². The highest BCUT2D eigenvalue weighted by Crippen LogP contribution is 2.13. The SMILES string of the molecule is CN=C(NCc1ccc(CN2CCCC2)cc1)NCc1cccc(F)c1. The van der Waals surface area contributed by atoms with Crippen molar-refractivity contribution in [2.75, 3.05) is 20.1 Å². The van der Waals surface area contributed by atoms with Crippen LogP contribution in [0.3, 0.4) is 0 Å². The molecule has 2 aromatic rings. The van der Waals surface area contributed by atoms with Crippen molar-refractivity contribution in [1.82, 2.24) is 15.5 Å². The Bertz CT molecular complexity index is 721. The molecule has 1 heterocycles. The van der Waals surface area contributed by atoms with Gasteiger partial charge in [-0.2, -0.15) is 0 Å². The van der Waals surface area contributed by atoms with Gasteiger partial charge in [0.1, 0.15) is 5.82 Å². The molecule has 0 bridgehead atoms. The number of benzene rings is 2. The third-order valence-corrected chi connectivity index (χ3v) is 4.66. The molecule has 0 saturated carbocycles. The number of hydrogen-bond acceptors (Lipinski definition) is 2. The minimum Gasteiger partial charge on any atom is -0.352 e. The minimum absolute atomic E-state index is 0.221. The zero-order chi connectivity index (χ0) is 18.2. The molecule has 0 aliphatic carbocycles. The molecule has 0 amide bonds. The molecule has 26 heavy (non-hydrogen) atoms. The average Bonchev–Trinajstić information content (AvgIpc) is 3.16. The first-order valence-corrected chi connectivity index (χ1v) is 9.22. The van der Waals surface area contributed by atoms with Crippen molar-refractivity contribution in [3.8, 4) is 0 Å². The average molecular weight is 354 g/mol. The van der Waals surface area contributed by atoms with Crippen LogP contribution in [0.4, 0.5) is 4.39 Å². The lowest BCUT2D eigenvalue weighted by atomic mass is 10.1. The largest absolute Gasteiger partial charge is 0.352 e. The topological polar surface area (TPSA) is 39.7 Å². The van der Waals surface area contributed by atoms with Gasteiger partial charge in [-0.25, -0.2) is 4.39 Å². The van der Waals surface area contributed by atoms with E-state index < -0.39 is 0 Å². The Hall–Kier alpha value is -2.40. The van der Waals surface area contributed by atoms with E-state index in [1.165, 1.54) is 49.2 Å². The molecule has 4 nitrogen and oxygen atoms in total. The summed E-state index contributed by atoms with van der Waals surface area (Å²) in [6.45, 7) is 4.72. The Morgan fingerprint density at radius 3 is 2.27 bits per heavy atom. The predicted molar refractivity (Wildman–Crippen MR) is 104 cm³/mol. The van der Waals surface area contributed by atoms with Crippen molar-refractivity contribution < 1.29 is 4.39 Å². The highest BCUT2D eigenvalue weighted by molar-refractivity contribution is 5.79. The second kappa shape index (κ2) is 9.34. The van der Waals surface area contributed by atoms with Crippen LogP contribution in [-0.2, 0) is 19.6 Å². The summed E-state index contributed by atoms with van der Waals surface area (Å²) in [4.78, 5) is 6.73. The van der Waals surface area contributed by atoms with Crippen LogP contribution in [0.1, 0.15) is 29.5 Å². The zero-order valence-electron chi connectivity index (χ0n) is 15.3. The summed E-state index contributed by atoms with van der Waals surface area (Å²) < 4.78 is 13.2. The Kier molecular flexibility index (Phi) is 6.61. The van der Waals surface area contributed by atoms with E-state index >= 15 is 0 Å². The normalized spacial score (nSPS) is 15.2. The van der Waals surface area contributed by atoms with Crippen LogP contribution in [0.25, 0.3) is 0 Å². The fourth-order valence-electron chi connectivity index (χ4n) is 3.20. The number of rotatable bonds is 6. The van der Waals surface area contributed by atoms with Gasteiger partial charge < -0.3 is 10.6 Å². The Morgan fingerprint density at radius 2 is 1.62 bits per heavy atom. The van der Waals surface area contributed by atoms with Gasteiger partial charge in [0.05, 0.1) is 0 Å². The quantitative estimate of drug-likeness (QED) is 0.618. The Balaban J connectivity index is 1.45. The van der Waals surface area contributed by atoms with Crippen LogP contribution in [0.5, 0.6) is 0 Å². The summed E-state index contributed by atoms with van der Waals surface area (Å²) in [6.07, 6.45) is 2.65. The molecule has 2 aromatic carbocycles. The maximum atomic E-state index is 13.2. The van der Waals surface area contributed by atoms with Crippen molar-refractivity contribution in [3.63, 3.8) is 0 Å². The molecule has 1 saturated heterocycles. The lowest BCUT2D eigenvalue weighted by molar-refractivity contribution is 0.331. The lowest BCUT2D eigenvalue weighted by Crippen LogP contribution is -2.36. The van der Waals surface area contributed by atoms with Crippen molar-refractivity contribution >= 4 is 5.96 Å². The van der Waals surface area contributed by atoms with Crippen molar-refractivity contribution in [3.05, 3.63) is 71.0 Å². The van der Waals surface area contributed by atoms with E-state index in [4.69, 9.17) is 0 Å². The third kappa shape index (κ3) is 5.56. The standard InChI is InChI=1S/C21H27FN4/c1-23-21(25-15-19-5-4-6-20(22)13-19)24-14-17-7-9-18(10-8-17)16-26-11-2-3-12-26/h4-10,13H,2-3,11-12,14-16H2,1H3,(H2,23,24,25). The van der Waals surface area contributed by atoms with Crippen LogP contribution in [0.15, 0.2) is 53.5 Å². The Morgan fingerprint density at radius 1 is 0.962 bits per heavy atom. The van der Waals surface area contributed by atoms with Gasteiger partial charge >= 0.3 is 0 Å². The summed E-state index contributed by atoms with van der Waals surface area (Å²) in [6, 6.07) is 15.3. The molecule has 1 aliphatic heterocycles. The molecule has 0 radical (unpaired) electrons. The van der Waals surface area contributed by atoms with Gasteiger partial charge in [-0.1, -0.05) is 36.4 Å². The smallest absolute Gasteiger partial charge is 0.191 e. The van der Waals surface area contributed by atoms with E-state index in [-0.39, 0.29) is 5.82 Å². The summed E-state index contributed by atoms with van der Waals surface area (Å²) in [5.41, 5.74) is 3.47. The van der Waals surface area contributed by atoms with Crippen molar-refractivity contribution in [2.24, 2.45) is 4.99 Å². The van der Waals surface area contributed by atoms with Gasteiger partial charge in [0.2, 0.25) is 0 Å². The maximum Gasteiger partial charge on any atom is 0.191 e. The van der Waals surface area contributed by atoms with Crippen LogP contribution >= 0.6 is 0 Å². The van der Waals surface area contributed by atoms with Crippen LogP contribution in [0, 0.1) is 5.82 Å². The fraction of sp³-hybridized carbons (Fsp3) is 0.381. The van der Waals surface area contributed by atoms with E-state index in [9.17, 15) is 4.39 Å². The molecule has 3 rings (SSSR count). The first-order chi connectivity index (χ1) is 12.7. The van der Waals surface area contributed by atoms with Gasteiger partial charge in [-0.05, 0) is 54.8 Å². The highest BCUT2D eigenvalue weighted by Gasteiger charge is 2.11. The Labute approximate surface area is 155 Å². The number of likely N-dealkylation sites (tertiary alicyclic amines) is 1. The molecule has 2 N–H and O–H groups in total. The molecule has 0 aromatic heterocycles. The van der Waals surface area contributed by atoms with E-state index in [0.29, 0.717) is 19.0 Å². The van der Waals surface area contributed by atoms with E-state index in [1.807, 2.05) is 6.07 Å². The van der Waals surface area contributed by atoms with Gasteiger partial charge in [0.25, 0.3) is 0 Å². The van der Waals surface area contributed by atoms with Crippen LogP contribution in [-0.4, -0.2) is 31.0 Å². The first kappa shape index (κ1) is 18.4. The molecule has 1 fully saturated rings. The number of hydrogen-bond donors (Lipinski definition) is 2. The maximum absolute atomic E-state index is 13.2. The molecule has 1 aliphatic rings. The summed E-state index contributed by atoms with van der Waals surface area (Å²) in [5.74, 6) is 0.483.